The Balaban J connectivity index is 1.24. The van der Waals surface area contributed by atoms with Crippen molar-refractivity contribution in [2.24, 2.45) is 0 Å². The smallest absolute Gasteiger partial charge is 0.164 e. The average molecular weight is 644 g/mol. The predicted octanol–water partition coefficient (Wildman–Crippen LogP) is 11.5. The van der Waals surface area contributed by atoms with Gasteiger partial charge in [-0.25, -0.2) is 15.0 Å². The fraction of sp³-hybridized carbons (Fsp3) is 0. The van der Waals surface area contributed by atoms with Crippen LogP contribution in [0.25, 0.3) is 89.5 Å². The maximum Gasteiger partial charge on any atom is 0.164 e. The van der Waals surface area contributed by atoms with Crippen LogP contribution in [0.5, 0.6) is 5.75 Å². The number of aromatic hydroxyl groups is 1. The summed E-state index contributed by atoms with van der Waals surface area (Å²) >= 11 is 0. The summed E-state index contributed by atoms with van der Waals surface area (Å²) in [6.07, 6.45) is 0. The van der Waals surface area contributed by atoms with Gasteiger partial charge in [0.25, 0.3) is 0 Å². The Bertz CT molecular complexity index is 2650. The molecule has 0 atom stereocenters. The number of para-hydroxylation sites is 1. The van der Waals surface area contributed by atoms with E-state index in [1.165, 1.54) is 0 Å². The molecule has 0 fully saturated rings. The molecule has 50 heavy (non-hydrogen) atoms. The van der Waals surface area contributed by atoms with E-state index in [9.17, 15) is 5.11 Å². The van der Waals surface area contributed by atoms with Gasteiger partial charge in [-0.2, -0.15) is 0 Å². The summed E-state index contributed by atoms with van der Waals surface area (Å²) < 4.78 is 6.24. The molecule has 0 unspecified atom stereocenters. The third-order valence-electron chi connectivity index (χ3n) is 9.09. The van der Waals surface area contributed by atoms with Gasteiger partial charge in [-0.1, -0.05) is 152 Å². The lowest BCUT2D eigenvalue weighted by Crippen LogP contribution is -2.01. The summed E-state index contributed by atoms with van der Waals surface area (Å²) in [5, 5.41) is 13.7. The molecule has 9 aromatic rings. The van der Waals surface area contributed by atoms with Crippen LogP contribution >= 0.6 is 0 Å². The van der Waals surface area contributed by atoms with E-state index in [-0.39, 0.29) is 5.75 Å². The Morgan fingerprint density at radius 3 is 1.62 bits per heavy atom. The van der Waals surface area contributed by atoms with Crippen LogP contribution in [0.1, 0.15) is 0 Å². The zero-order valence-corrected chi connectivity index (χ0v) is 26.9. The fourth-order valence-corrected chi connectivity index (χ4v) is 6.73. The van der Waals surface area contributed by atoms with E-state index < -0.39 is 0 Å². The topological polar surface area (TPSA) is 72.0 Å². The molecular formula is C45H29N3O2. The third kappa shape index (κ3) is 5.18. The van der Waals surface area contributed by atoms with E-state index >= 15 is 0 Å². The number of aromatic nitrogens is 3. The van der Waals surface area contributed by atoms with Gasteiger partial charge in [-0.3, -0.25) is 0 Å². The molecule has 1 N–H and O–H groups in total. The number of phenols is 1. The minimum absolute atomic E-state index is 0.134. The Morgan fingerprint density at radius 2 is 0.860 bits per heavy atom. The molecule has 0 amide bonds. The Morgan fingerprint density at radius 1 is 0.360 bits per heavy atom. The molecule has 5 heteroatoms. The van der Waals surface area contributed by atoms with Crippen molar-refractivity contribution in [2.45, 2.75) is 0 Å². The summed E-state index contributed by atoms with van der Waals surface area (Å²) in [4.78, 5) is 15.0. The number of furan rings is 1. The second kappa shape index (κ2) is 12.3. The van der Waals surface area contributed by atoms with Crippen molar-refractivity contribution in [1.82, 2.24) is 15.0 Å². The van der Waals surface area contributed by atoms with Crippen molar-refractivity contribution in [3.8, 4) is 73.3 Å². The zero-order chi connectivity index (χ0) is 33.4. The molecule has 0 aliphatic rings. The van der Waals surface area contributed by atoms with Crippen molar-refractivity contribution in [3.63, 3.8) is 0 Å². The molecule has 0 spiro atoms. The molecule has 5 nitrogen and oxygen atoms in total. The molecule has 0 aliphatic heterocycles. The first kappa shape index (κ1) is 29.3. The maximum absolute atomic E-state index is 11.6. The molecule has 0 aliphatic carbocycles. The minimum Gasteiger partial charge on any atom is -0.507 e. The van der Waals surface area contributed by atoms with Crippen LogP contribution in [-0.2, 0) is 0 Å². The third-order valence-corrected chi connectivity index (χ3v) is 9.09. The Kier molecular flexibility index (Phi) is 7.21. The summed E-state index contributed by atoms with van der Waals surface area (Å²) in [6.45, 7) is 0. The van der Waals surface area contributed by atoms with Gasteiger partial charge in [-0.15, -0.1) is 0 Å². The van der Waals surface area contributed by atoms with Crippen LogP contribution in [0, 0.1) is 0 Å². The maximum atomic E-state index is 11.6. The molecule has 9 rings (SSSR count). The normalized spacial score (nSPS) is 11.3. The molecule has 0 saturated carbocycles. The van der Waals surface area contributed by atoms with Gasteiger partial charge < -0.3 is 9.52 Å². The van der Waals surface area contributed by atoms with Gasteiger partial charge in [0.05, 0.1) is 0 Å². The van der Waals surface area contributed by atoms with E-state index in [0.717, 1.165) is 60.9 Å². The van der Waals surface area contributed by atoms with Crippen molar-refractivity contribution in [1.29, 1.82) is 0 Å². The molecule has 0 bridgehead atoms. The summed E-state index contributed by atoms with van der Waals surface area (Å²) in [5.74, 6) is 1.70. The largest absolute Gasteiger partial charge is 0.507 e. The highest BCUT2D eigenvalue weighted by atomic mass is 16.3. The highest BCUT2D eigenvalue weighted by Gasteiger charge is 2.22. The van der Waals surface area contributed by atoms with Gasteiger partial charge in [0.15, 0.2) is 17.5 Å². The highest BCUT2D eigenvalue weighted by molar-refractivity contribution is 6.14. The van der Waals surface area contributed by atoms with Crippen LogP contribution in [-0.4, -0.2) is 20.1 Å². The van der Waals surface area contributed by atoms with Crippen molar-refractivity contribution in [2.75, 3.05) is 0 Å². The first-order chi connectivity index (χ1) is 24.7. The van der Waals surface area contributed by atoms with Gasteiger partial charge in [0.1, 0.15) is 16.9 Å². The van der Waals surface area contributed by atoms with Crippen molar-refractivity contribution < 1.29 is 9.52 Å². The lowest BCUT2D eigenvalue weighted by atomic mass is 9.89. The quantitative estimate of drug-likeness (QED) is 0.195. The van der Waals surface area contributed by atoms with Crippen LogP contribution in [0.3, 0.4) is 0 Å². The minimum atomic E-state index is 0.134. The fourth-order valence-electron chi connectivity index (χ4n) is 6.73. The van der Waals surface area contributed by atoms with Crippen LogP contribution in [0.15, 0.2) is 174 Å². The number of hydrogen-bond acceptors (Lipinski definition) is 5. The van der Waals surface area contributed by atoms with Gasteiger partial charge in [-0.05, 0) is 46.0 Å². The standard InChI is InChI=1S/C45H29N3O2/c49-38-22-11-21-37(41(38)34-18-8-7-17-33(34)35-20-12-24-40-42(35)36-19-9-10-23-39(36)50-40)45-47-43(31-15-5-2-6-16-31)46-44(48-45)32-27-25-30(26-28-32)29-13-3-1-4-14-29/h1-28,49H. The summed E-state index contributed by atoms with van der Waals surface area (Å²) in [5.41, 5.74) is 9.80. The SMILES string of the molecule is Oc1cccc(-c2nc(-c3ccccc3)nc(-c3ccc(-c4ccccc4)cc3)n2)c1-c1ccccc1-c1cccc2oc3ccccc3c12. The number of phenolic OH excluding ortho intramolecular Hbond substituents is 1. The molecule has 236 valence electrons. The highest BCUT2D eigenvalue weighted by Crippen LogP contribution is 2.45. The van der Waals surface area contributed by atoms with Crippen molar-refractivity contribution >= 4 is 21.9 Å². The lowest BCUT2D eigenvalue weighted by Gasteiger charge is -2.17. The number of benzene rings is 7. The summed E-state index contributed by atoms with van der Waals surface area (Å²) in [7, 11) is 0. The Labute approximate surface area is 288 Å². The van der Waals surface area contributed by atoms with E-state index in [1.807, 2.05) is 121 Å². The van der Waals surface area contributed by atoms with E-state index in [2.05, 4.69) is 42.5 Å². The number of fused-ring (bicyclic) bond motifs is 3. The number of nitrogens with zero attached hydrogens (tertiary/aromatic N) is 3. The zero-order valence-electron chi connectivity index (χ0n) is 26.9. The van der Waals surface area contributed by atoms with E-state index in [0.29, 0.717) is 28.6 Å². The van der Waals surface area contributed by atoms with Gasteiger partial charge in [0, 0.05) is 33.0 Å². The van der Waals surface area contributed by atoms with Crippen LogP contribution in [0.2, 0.25) is 0 Å². The van der Waals surface area contributed by atoms with Gasteiger partial charge in [0.2, 0.25) is 0 Å². The molecule has 0 saturated heterocycles. The van der Waals surface area contributed by atoms with Crippen LogP contribution in [0.4, 0.5) is 0 Å². The van der Waals surface area contributed by atoms with E-state index in [4.69, 9.17) is 19.4 Å². The predicted molar refractivity (Wildman–Crippen MR) is 201 cm³/mol. The van der Waals surface area contributed by atoms with Crippen molar-refractivity contribution in [3.05, 3.63) is 170 Å². The monoisotopic (exact) mass is 643 g/mol. The second-order valence-electron chi connectivity index (χ2n) is 12.1. The van der Waals surface area contributed by atoms with E-state index in [1.54, 1.807) is 6.07 Å². The van der Waals surface area contributed by atoms with Crippen LogP contribution < -0.4 is 0 Å². The molecular weight excluding hydrogens is 615 g/mol. The lowest BCUT2D eigenvalue weighted by molar-refractivity contribution is 0.477. The second-order valence-corrected chi connectivity index (χ2v) is 12.1. The number of rotatable bonds is 6. The number of hydrogen-bond donors (Lipinski definition) is 1. The summed E-state index contributed by atoms with van der Waals surface area (Å²) in [6, 6.07) is 56.3. The molecule has 7 aromatic carbocycles. The van der Waals surface area contributed by atoms with Gasteiger partial charge >= 0.3 is 0 Å². The molecule has 2 heterocycles. The first-order valence-corrected chi connectivity index (χ1v) is 16.5. The Hall–Kier alpha value is -6.85. The molecule has 0 radical (unpaired) electrons. The average Bonchev–Trinajstić information content (AvgIpc) is 3.58. The molecule has 2 aromatic heterocycles. The first-order valence-electron chi connectivity index (χ1n) is 16.5.